The van der Waals surface area contributed by atoms with Gasteiger partial charge in [0.1, 0.15) is 5.82 Å². The number of benzene rings is 1. The molecule has 2 nitrogen and oxygen atoms in total. The van der Waals surface area contributed by atoms with E-state index in [2.05, 4.69) is 61.5 Å². The molecule has 0 bridgehead atoms. The van der Waals surface area contributed by atoms with Gasteiger partial charge < -0.3 is 9.80 Å². The molecule has 1 aliphatic heterocycles. The Hall–Kier alpha value is -1.44. The van der Waals surface area contributed by atoms with Gasteiger partial charge in [0.2, 0.25) is 0 Å². The van der Waals surface area contributed by atoms with Gasteiger partial charge >= 0.3 is 0 Å². The Morgan fingerprint density at radius 2 is 1.56 bits per heavy atom. The molecule has 0 unspecified atom stereocenters. The summed E-state index contributed by atoms with van der Waals surface area (Å²) in [5, 5.41) is 0. The van der Waals surface area contributed by atoms with E-state index in [0.717, 1.165) is 5.82 Å². The predicted octanol–water partition coefficient (Wildman–Crippen LogP) is 3.85. The van der Waals surface area contributed by atoms with Crippen molar-refractivity contribution in [1.82, 2.24) is 0 Å². The minimum Gasteiger partial charge on any atom is -0.330 e. The Bertz CT molecular complexity index is 369. The van der Waals surface area contributed by atoms with Crippen LogP contribution in [0.3, 0.4) is 0 Å². The molecule has 2 heteroatoms. The number of hydrogen-bond acceptors (Lipinski definition) is 2. The second kappa shape index (κ2) is 5.06. The summed E-state index contributed by atoms with van der Waals surface area (Å²) in [6.45, 7) is 12.5. The topological polar surface area (TPSA) is 6.48 Å². The highest BCUT2D eigenvalue weighted by Crippen LogP contribution is 2.40. The molecule has 1 heterocycles. The monoisotopic (exact) mass is 218 g/mol. The van der Waals surface area contributed by atoms with Crippen LogP contribution in [0.15, 0.2) is 36.7 Å². The van der Waals surface area contributed by atoms with Crippen molar-refractivity contribution in [3.05, 3.63) is 36.7 Å². The average Bonchev–Trinajstić information content (AvgIpc) is 2.55. The zero-order chi connectivity index (χ0) is 12.3. The van der Waals surface area contributed by atoms with Crippen LogP contribution in [-0.2, 0) is 0 Å². The SMILES string of the molecule is C=C1N(C)c2ccccc2N1C(C)C.CC. The van der Waals surface area contributed by atoms with Crippen LogP contribution >= 0.6 is 0 Å². The molecule has 0 atom stereocenters. The first-order valence-electron chi connectivity index (χ1n) is 5.94. The van der Waals surface area contributed by atoms with Crippen molar-refractivity contribution >= 4 is 11.4 Å². The van der Waals surface area contributed by atoms with Crippen molar-refractivity contribution in [2.45, 2.75) is 33.7 Å². The molecule has 88 valence electrons. The van der Waals surface area contributed by atoms with Gasteiger partial charge in [-0.05, 0) is 26.0 Å². The maximum Gasteiger partial charge on any atom is 0.106 e. The lowest BCUT2D eigenvalue weighted by atomic mass is 10.2. The van der Waals surface area contributed by atoms with E-state index in [1.54, 1.807) is 0 Å². The smallest absolute Gasteiger partial charge is 0.106 e. The van der Waals surface area contributed by atoms with Crippen molar-refractivity contribution in [2.75, 3.05) is 16.8 Å². The first kappa shape index (κ1) is 12.6. The zero-order valence-electron chi connectivity index (χ0n) is 11.0. The van der Waals surface area contributed by atoms with Gasteiger partial charge in [-0.1, -0.05) is 32.6 Å². The number of hydrogen-bond donors (Lipinski definition) is 0. The van der Waals surface area contributed by atoms with E-state index in [-0.39, 0.29) is 0 Å². The summed E-state index contributed by atoms with van der Waals surface area (Å²) in [6.07, 6.45) is 0. The van der Waals surface area contributed by atoms with E-state index in [1.807, 2.05) is 13.8 Å². The van der Waals surface area contributed by atoms with Gasteiger partial charge in [0.05, 0.1) is 11.4 Å². The Balaban J connectivity index is 0.000000606. The summed E-state index contributed by atoms with van der Waals surface area (Å²) >= 11 is 0. The van der Waals surface area contributed by atoms with Gasteiger partial charge in [-0.25, -0.2) is 0 Å². The van der Waals surface area contributed by atoms with Gasteiger partial charge in [-0.3, -0.25) is 0 Å². The van der Waals surface area contributed by atoms with Crippen molar-refractivity contribution in [1.29, 1.82) is 0 Å². The fourth-order valence-electron chi connectivity index (χ4n) is 1.97. The van der Waals surface area contributed by atoms with Crippen LogP contribution in [0.4, 0.5) is 11.4 Å². The van der Waals surface area contributed by atoms with E-state index < -0.39 is 0 Å². The van der Waals surface area contributed by atoms with Crippen LogP contribution in [0.25, 0.3) is 0 Å². The number of anilines is 2. The molecule has 0 aliphatic carbocycles. The summed E-state index contributed by atoms with van der Waals surface area (Å²) in [7, 11) is 2.06. The Labute approximate surface area is 99.2 Å². The molecule has 0 N–H and O–H groups in total. The van der Waals surface area contributed by atoms with Gasteiger partial charge in [0, 0.05) is 13.1 Å². The third-order valence-corrected chi connectivity index (χ3v) is 2.68. The van der Waals surface area contributed by atoms with Crippen LogP contribution < -0.4 is 9.80 Å². The Morgan fingerprint density at radius 3 is 2.06 bits per heavy atom. The molecule has 0 saturated carbocycles. The molecule has 1 aliphatic rings. The molecular formula is C14H22N2. The third-order valence-electron chi connectivity index (χ3n) is 2.68. The number of nitrogens with zero attached hydrogens (tertiary/aromatic N) is 2. The van der Waals surface area contributed by atoms with Crippen molar-refractivity contribution in [3.8, 4) is 0 Å². The first-order valence-corrected chi connectivity index (χ1v) is 5.94. The van der Waals surface area contributed by atoms with E-state index in [1.165, 1.54) is 11.4 Å². The highest BCUT2D eigenvalue weighted by atomic mass is 15.4. The average molecular weight is 218 g/mol. The lowest BCUT2D eigenvalue weighted by molar-refractivity contribution is 0.759. The number of para-hydroxylation sites is 2. The fourth-order valence-corrected chi connectivity index (χ4v) is 1.97. The summed E-state index contributed by atoms with van der Waals surface area (Å²) in [6, 6.07) is 8.86. The lowest BCUT2D eigenvalue weighted by Crippen LogP contribution is -2.30. The lowest BCUT2D eigenvalue weighted by Gasteiger charge is -2.25. The first-order chi connectivity index (χ1) is 7.63. The molecule has 2 rings (SSSR count). The molecule has 16 heavy (non-hydrogen) atoms. The van der Waals surface area contributed by atoms with Crippen LogP contribution in [-0.4, -0.2) is 13.1 Å². The summed E-state index contributed by atoms with van der Waals surface area (Å²) in [4.78, 5) is 4.39. The van der Waals surface area contributed by atoms with Gasteiger partial charge in [-0.15, -0.1) is 0 Å². The molecule has 0 fully saturated rings. The van der Waals surface area contributed by atoms with Crippen LogP contribution in [0.2, 0.25) is 0 Å². The maximum absolute atomic E-state index is 4.10. The van der Waals surface area contributed by atoms with Gasteiger partial charge in [0.25, 0.3) is 0 Å². The molecule has 0 amide bonds. The third kappa shape index (κ3) is 1.92. The minimum absolute atomic E-state index is 0.452. The van der Waals surface area contributed by atoms with Crippen molar-refractivity contribution < 1.29 is 0 Å². The highest BCUT2D eigenvalue weighted by molar-refractivity contribution is 5.82. The molecule has 0 radical (unpaired) electrons. The molecular weight excluding hydrogens is 196 g/mol. The zero-order valence-corrected chi connectivity index (χ0v) is 11.0. The molecule has 0 spiro atoms. The quantitative estimate of drug-likeness (QED) is 0.706. The molecule has 0 aromatic heterocycles. The molecule has 1 aromatic carbocycles. The van der Waals surface area contributed by atoms with Crippen molar-refractivity contribution in [2.24, 2.45) is 0 Å². The summed E-state index contributed by atoms with van der Waals surface area (Å²) < 4.78 is 0. The molecule has 0 saturated heterocycles. The van der Waals surface area contributed by atoms with E-state index in [0.29, 0.717) is 6.04 Å². The highest BCUT2D eigenvalue weighted by Gasteiger charge is 2.28. The Kier molecular flexibility index (Phi) is 3.99. The normalized spacial score (nSPS) is 13.8. The van der Waals surface area contributed by atoms with Crippen LogP contribution in [0.1, 0.15) is 27.7 Å². The van der Waals surface area contributed by atoms with Crippen LogP contribution in [0, 0.1) is 0 Å². The predicted molar refractivity (Wildman–Crippen MR) is 72.9 cm³/mol. The van der Waals surface area contributed by atoms with E-state index in [4.69, 9.17) is 0 Å². The standard InChI is InChI=1S/C12H16N2.C2H6/c1-9(2)14-10(3)13(4)11-7-5-6-8-12(11)14;1-2/h5-9H,3H2,1-2,4H3;1-2H3. The molecule has 1 aromatic rings. The number of rotatable bonds is 1. The second-order valence-electron chi connectivity index (χ2n) is 3.93. The second-order valence-corrected chi connectivity index (χ2v) is 3.93. The minimum atomic E-state index is 0.452. The summed E-state index contributed by atoms with van der Waals surface area (Å²) in [5.41, 5.74) is 2.50. The van der Waals surface area contributed by atoms with Crippen molar-refractivity contribution in [3.63, 3.8) is 0 Å². The van der Waals surface area contributed by atoms with E-state index >= 15 is 0 Å². The largest absolute Gasteiger partial charge is 0.330 e. The van der Waals surface area contributed by atoms with Crippen LogP contribution in [0.5, 0.6) is 0 Å². The Morgan fingerprint density at radius 1 is 1.06 bits per heavy atom. The summed E-state index contributed by atoms with van der Waals surface area (Å²) in [5.74, 6) is 1.06. The number of fused-ring (bicyclic) bond motifs is 1. The van der Waals surface area contributed by atoms with E-state index in [9.17, 15) is 0 Å². The maximum atomic E-state index is 4.10. The van der Waals surface area contributed by atoms with Gasteiger partial charge in [-0.2, -0.15) is 0 Å². The van der Waals surface area contributed by atoms with Gasteiger partial charge in [0.15, 0.2) is 0 Å². The fraction of sp³-hybridized carbons (Fsp3) is 0.429.